The van der Waals surface area contributed by atoms with Crippen molar-refractivity contribution in [3.8, 4) is 22.8 Å². The van der Waals surface area contributed by atoms with E-state index >= 15 is 0 Å². The lowest BCUT2D eigenvalue weighted by atomic mass is 10.2. The molecule has 1 amide bonds. The van der Waals surface area contributed by atoms with E-state index in [0.717, 1.165) is 4.57 Å². The minimum absolute atomic E-state index is 0.0287. The van der Waals surface area contributed by atoms with Gasteiger partial charge in [0.1, 0.15) is 17.1 Å². The predicted molar refractivity (Wildman–Crippen MR) is 103 cm³/mol. The molecule has 4 N–H and O–H groups in total. The van der Waals surface area contributed by atoms with Crippen LogP contribution in [0.5, 0.6) is 5.75 Å². The third-order valence-corrected chi connectivity index (χ3v) is 4.56. The average molecular weight is 444 g/mol. The fraction of sp³-hybridized carbons (Fsp3) is 0. The molecule has 0 aliphatic rings. The van der Waals surface area contributed by atoms with E-state index in [1.807, 2.05) is 0 Å². The zero-order chi connectivity index (χ0) is 20.0. The Morgan fingerprint density at radius 1 is 1.21 bits per heavy atom. The number of para-hydroxylation sites is 1. The zero-order valence-corrected chi connectivity index (χ0v) is 15.6. The third-order valence-electron chi connectivity index (χ3n) is 4.06. The van der Waals surface area contributed by atoms with Gasteiger partial charge >= 0.3 is 5.69 Å². The van der Waals surface area contributed by atoms with Crippen LogP contribution in [-0.2, 0) is 0 Å². The molecule has 4 aromatic rings. The van der Waals surface area contributed by atoms with Gasteiger partial charge in [0, 0.05) is 4.47 Å². The number of carbonyl (C=O) groups excluding carboxylic acids is 1. The van der Waals surface area contributed by atoms with Crippen LogP contribution in [-0.4, -0.2) is 30.5 Å². The molecule has 28 heavy (non-hydrogen) atoms. The summed E-state index contributed by atoms with van der Waals surface area (Å²) in [7, 11) is 0. The first-order valence-electron chi connectivity index (χ1n) is 7.93. The number of halogens is 2. The molecule has 4 rings (SSSR count). The van der Waals surface area contributed by atoms with E-state index in [1.165, 1.54) is 24.3 Å². The Kier molecular flexibility index (Phi) is 4.19. The van der Waals surface area contributed by atoms with E-state index in [-0.39, 0.29) is 39.7 Å². The monoisotopic (exact) mass is 443 g/mol. The van der Waals surface area contributed by atoms with E-state index in [9.17, 15) is 19.1 Å². The Balaban J connectivity index is 2.12. The van der Waals surface area contributed by atoms with Gasteiger partial charge in [0.2, 0.25) is 0 Å². The predicted octanol–water partition coefficient (Wildman–Crippen LogP) is 2.48. The van der Waals surface area contributed by atoms with E-state index in [4.69, 9.17) is 5.73 Å². The van der Waals surface area contributed by atoms with E-state index < -0.39 is 17.4 Å². The highest BCUT2D eigenvalue weighted by Gasteiger charge is 2.22. The van der Waals surface area contributed by atoms with Gasteiger partial charge < -0.3 is 15.8 Å². The molecule has 0 atom stereocenters. The SMILES string of the molecule is NC(=O)c1nc(-c2cc(Br)ccc2O)nc2c1[nH]c(=O)n2-c1ccccc1F. The number of nitrogens with two attached hydrogens (primary N) is 1. The van der Waals surface area contributed by atoms with Crippen molar-refractivity contribution >= 4 is 33.0 Å². The molecule has 140 valence electrons. The molecule has 0 saturated carbocycles. The van der Waals surface area contributed by atoms with Crippen LogP contribution in [0.25, 0.3) is 28.2 Å². The second-order valence-corrected chi connectivity index (χ2v) is 6.75. The van der Waals surface area contributed by atoms with Crippen LogP contribution < -0.4 is 11.4 Å². The number of phenols is 1. The molecule has 0 saturated heterocycles. The van der Waals surface area contributed by atoms with Gasteiger partial charge in [-0.05, 0) is 30.3 Å². The first-order chi connectivity index (χ1) is 13.4. The molecule has 0 spiro atoms. The first kappa shape index (κ1) is 17.9. The Morgan fingerprint density at radius 2 is 1.96 bits per heavy atom. The van der Waals surface area contributed by atoms with E-state index in [2.05, 4.69) is 30.9 Å². The molecule has 0 aliphatic heterocycles. The Morgan fingerprint density at radius 3 is 2.68 bits per heavy atom. The number of hydrogen-bond donors (Lipinski definition) is 3. The van der Waals surface area contributed by atoms with Gasteiger partial charge in [0.25, 0.3) is 5.91 Å². The number of imidazole rings is 1. The molecular formula is C18H11BrFN5O3. The van der Waals surface area contributed by atoms with Crippen LogP contribution >= 0.6 is 15.9 Å². The molecule has 0 aliphatic carbocycles. The quantitative estimate of drug-likeness (QED) is 0.448. The van der Waals surface area contributed by atoms with Crippen LogP contribution in [0, 0.1) is 5.82 Å². The molecule has 0 bridgehead atoms. The lowest BCUT2D eigenvalue weighted by Crippen LogP contribution is -2.16. The summed E-state index contributed by atoms with van der Waals surface area (Å²) < 4.78 is 15.9. The Hall–Kier alpha value is -3.53. The molecule has 2 heterocycles. The number of fused-ring (bicyclic) bond motifs is 1. The van der Waals surface area contributed by atoms with Crippen molar-refractivity contribution < 1.29 is 14.3 Å². The number of hydrogen-bond acceptors (Lipinski definition) is 5. The lowest BCUT2D eigenvalue weighted by molar-refractivity contribution is 0.0997. The van der Waals surface area contributed by atoms with Gasteiger partial charge in [-0.15, -0.1) is 0 Å². The van der Waals surface area contributed by atoms with Gasteiger partial charge in [0.05, 0.1) is 11.3 Å². The van der Waals surface area contributed by atoms with Gasteiger partial charge in [-0.2, -0.15) is 0 Å². The van der Waals surface area contributed by atoms with Crippen LogP contribution in [0.3, 0.4) is 0 Å². The second-order valence-electron chi connectivity index (χ2n) is 5.84. The smallest absolute Gasteiger partial charge is 0.332 e. The fourth-order valence-corrected chi connectivity index (χ4v) is 3.19. The van der Waals surface area contributed by atoms with Crippen molar-refractivity contribution in [3.63, 3.8) is 0 Å². The number of primary amides is 1. The van der Waals surface area contributed by atoms with Gasteiger partial charge in [-0.1, -0.05) is 28.1 Å². The summed E-state index contributed by atoms with van der Waals surface area (Å²) in [5.74, 6) is -1.76. The van der Waals surface area contributed by atoms with Gasteiger partial charge in [-0.25, -0.2) is 23.7 Å². The number of H-pyrrole nitrogens is 1. The van der Waals surface area contributed by atoms with Crippen LogP contribution in [0.1, 0.15) is 10.5 Å². The van der Waals surface area contributed by atoms with E-state index in [1.54, 1.807) is 18.2 Å². The molecule has 10 heteroatoms. The molecule has 0 fully saturated rings. The summed E-state index contributed by atoms with van der Waals surface area (Å²) in [5.41, 5.74) is 4.51. The maximum atomic E-state index is 14.3. The molecule has 0 unspecified atom stereocenters. The minimum Gasteiger partial charge on any atom is -0.507 e. The highest BCUT2D eigenvalue weighted by molar-refractivity contribution is 9.10. The van der Waals surface area contributed by atoms with Crippen LogP contribution in [0.2, 0.25) is 0 Å². The summed E-state index contributed by atoms with van der Waals surface area (Å²) in [6.45, 7) is 0. The number of phenolic OH excluding ortho intramolecular Hbond substituents is 1. The van der Waals surface area contributed by atoms with Crippen LogP contribution in [0.15, 0.2) is 51.7 Å². The number of nitrogens with zero attached hydrogens (tertiary/aromatic N) is 3. The highest BCUT2D eigenvalue weighted by atomic mass is 79.9. The molecule has 2 aromatic heterocycles. The largest absolute Gasteiger partial charge is 0.507 e. The normalized spacial score (nSPS) is 11.1. The number of aromatic nitrogens is 4. The molecule has 8 nitrogen and oxygen atoms in total. The number of nitrogens with one attached hydrogen (secondary N) is 1. The summed E-state index contributed by atoms with van der Waals surface area (Å²) in [6, 6.07) is 10.2. The molecule has 0 radical (unpaired) electrons. The van der Waals surface area contributed by atoms with Crippen molar-refractivity contribution in [2.75, 3.05) is 0 Å². The number of rotatable bonds is 3. The van der Waals surface area contributed by atoms with Crippen molar-refractivity contribution in [3.05, 3.63) is 68.9 Å². The van der Waals surface area contributed by atoms with Crippen molar-refractivity contribution in [2.24, 2.45) is 5.73 Å². The standard InChI is InChI=1S/C18H11BrFN5O3/c19-8-5-6-12(26)9(7-8)16-22-13(15(21)27)14-17(24-16)25(18(28)23-14)11-4-2-1-3-10(11)20/h1-7,26H,(H2,21,27)(H,23,28). The zero-order valence-electron chi connectivity index (χ0n) is 14.0. The van der Waals surface area contributed by atoms with Crippen molar-refractivity contribution in [2.45, 2.75) is 0 Å². The number of aromatic amines is 1. The number of benzene rings is 2. The fourth-order valence-electron chi connectivity index (χ4n) is 2.83. The van der Waals surface area contributed by atoms with E-state index in [0.29, 0.717) is 4.47 Å². The Labute approximate surface area is 164 Å². The molecule has 2 aromatic carbocycles. The summed E-state index contributed by atoms with van der Waals surface area (Å²) >= 11 is 3.29. The minimum atomic E-state index is -0.912. The second kappa shape index (κ2) is 6.57. The van der Waals surface area contributed by atoms with Crippen molar-refractivity contribution in [1.29, 1.82) is 0 Å². The lowest BCUT2D eigenvalue weighted by Gasteiger charge is -2.08. The van der Waals surface area contributed by atoms with Gasteiger partial charge in [-0.3, -0.25) is 4.79 Å². The highest BCUT2D eigenvalue weighted by Crippen LogP contribution is 2.31. The maximum absolute atomic E-state index is 14.3. The summed E-state index contributed by atoms with van der Waals surface area (Å²) in [4.78, 5) is 35.3. The Bertz CT molecular complexity index is 1310. The van der Waals surface area contributed by atoms with Crippen LogP contribution in [0.4, 0.5) is 4.39 Å². The molecular weight excluding hydrogens is 433 g/mol. The first-order valence-corrected chi connectivity index (χ1v) is 8.72. The average Bonchev–Trinajstić information content (AvgIpc) is 2.99. The number of carbonyl (C=O) groups is 1. The third kappa shape index (κ3) is 2.83. The summed E-state index contributed by atoms with van der Waals surface area (Å²) in [5, 5.41) is 10.2. The van der Waals surface area contributed by atoms with Gasteiger partial charge in [0.15, 0.2) is 17.2 Å². The summed E-state index contributed by atoms with van der Waals surface area (Å²) in [6.07, 6.45) is 0. The topological polar surface area (TPSA) is 127 Å². The maximum Gasteiger partial charge on any atom is 0.332 e. The number of aromatic hydroxyl groups is 1. The number of amides is 1. The van der Waals surface area contributed by atoms with Crippen molar-refractivity contribution in [1.82, 2.24) is 19.5 Å².